The number of alkyl halides is 3. The fraction of sp³-hybridized carbons (Fsp3) is 0.273. The molecule has 112 valence electrons. The lowest BCUT2D eigenvalue weighted by molar-refractivity contribution is -0.0328. The summed E-state index contributed by atoms with van der Waals surface area (Å²) in [6.07, 6.45) is 0. The van der Waals surface area contributed by atoms with Crippen molar-refractivity contribution in [2.45, 2.75) is 23.4 Å². The summed E-state index contributed by atoms with van der Waals surface area (Å²) in [6, 6.07) is 4.66. The maximum absolute atomic E-state index is 12.2. The first-order valence-electron chi connectivity index (χ1n) is 5.75. The van der Waals surface area contributed by atoms with E-state index in [4.69, 9.17) is 0 Å². The lowest BCUT2D eigenvalue weighted by Gasteiger charge is -2.10. The number of H-pyrrole nitrogens is 1. The van der Waals surface area contributed by atoms with Crippen LogP contribution in [0.2, 0.25) is 0 Å². The number of carbonyl (C=O) groups is 1. The molecule has 0 bridgehead atoms. The topological polar surface area (TPSA) is 83.6 Å². The number of nitrogens with one attached hydrogen (secondary N) is 2. The van der Waals surface area contributed by atoms with E-state index < -0.39 is 17.5 Å². The van der Waals surface area contributed by atoms with Crippen LogP contribution in [0.15, 0.2) is 29.2 Å². The highest BCUT2D eigenvalue weighted by molar-refractivity contribution is 8.00. The zero-order valence-corrected chi connectivity index (χ0v) is 11.5. The Bertz CT molecular complexity index is 599. The molecule has 1 unspecified atom stereocenters. The van der Waals surface area contributed by atoms with Gasteiger partial charge in [0.15, 0.2) is 5.82 Å². The molecule has 21 heavy (non-hydrogen) atoms. The number of thioether (sulfide) groups is 1. The number of aromatic nitrogens is 4. The van der Waals surface area contributed by atoms with Gasteiger partial charge in [0.1, 0.15) is 0 Å². The lowest BCUT2D eigenvalue weighted by atomic mass is 10.2. The van der Waals surface area contributed by atoms with Crippen molar-refractivity contribution in [3.8, 4) is 0 Å². The molecule has 1 aromatic heterocycles. The Kier molecular flexibility index (Phi) is 4.46. The summed E-state index contributed by atoms with van der Waals surface area (Å²) in [4.78, 5) is 11.9. The molecular weight excluding hydrogens is 307 g/mol. The molecule has 1 atom stereocenters. The number of hydrogen-bond acceptors (Lipinski definition) is 5. The summed E-state index contributed by atoms with van der Waals surface area (Å²) in [5.41, 5.74) is -4.10. The van der Waals surface area contributed by atoms with E-state index in [1.165, 1.54) is 24.3 Å². The molecule has 0 radical (unpaired) electrons. The van der Waals surface area contributed by atoms with Crippen LogP contribution in [0.4, 0.5) is 13.2 Å². The molecular formula is C11H10F3N5OS. The minimum Gasteiger partial charge on any atom is -0.342 e. The summed E-state index contributed by atoms with van der Waals surface area (Å²) < 4.78 is 36.6. The first-order valence-corrected chi connectivity index (χ1v) is 6.57. The second-order valence-corrected chi connectivity index (χ2v) is 5.18. The van der Waals surface area contributed by atoms with E-state index in [-0.39, 0.29) is 22.2 Å². The van der Waals surface area contributed by atoms with E-state index in [2.05, 4.69) is 25.9 Å². The number of nitrogens with zero attached hydrogens (tertiary/aromatic N) is 3. The standard InChI is InChI=1S/C11H10F3N5OS/c1-6(9-16-18-19-17-9)15-10(20)7-2-4-8(5-3-7)21-11(12,13)14/h2-6H,1H3,(H,15,20)(H,16,17,18,19). The Morgan fingerprint density at radius 1 is 1.33 bits per heavy atom. The molecule has 1 amide bonds. The molecule has 2 N–H and O–H groups in total. The lowest BCUT2D eigenvalue weighted by Crippen LogP contribution is -2.27. The predicted molar refractivity (Wildman–Crippen MR) is 68.4 cm³/mol. The van der Waals surface area contributed by atoms with E-state index >= 15 is 0 Å². The van der Waals surface area contributed by atoms with Gasteiger partial charge in [0, 0.05) is 10.5 Å². The summed E-state index contributed by atoms with van der Waals surface area (Å²) in [7, 11) is 0. The zero-order valence-electron chi connectivity index (χ0n) is 10.7. The van der Waals surface area contributed by atoms with Crippen molar-refractivity contribution in [3.05, 3.63) is 35.7 Å². The summed E-state index contributed by atoms with van der Waals surface area (Å²) in [5.74, 6) is -0.122. The molecule has 2 aromatic rings. The van der Waals surface area contributed by atoms with Crippen molar-refractivity contribution in [3.63, 3.8) is 0 Å². The maximum Gasteiger partial charge on any atom is 0.446 e. The van der Waals surface area contributed by atoms with E-state index in [1.54, 1.807) is 6.92 Å². The monoisotopic (exact) mass is 317 g/mol. The summed E-state index contributed by atoms with van der Waals surface area (Å²) >= 11 is -0.231. The molecule has 1 aromatic carbocycles. The van der Waals surface area contributed by atoms with Crippen molar-refractivity contribution in [2.75, 3.05) is 0 Å². The molecule has 0 saturated heterocycles. The average molecular weight is 317 g/mol. The summed E-state index contributed by atoms with van der Waals surface area (Å²) in [6.45, 7) is 1.66. The Morgan fingerprint density at radius 3 is 2.52 bits per heavy atom. The van der Waals surface area contributed by atoms with Gasteiger partial charge in [-0.1, -0.05) is 5.21 Å². The second kappa shape index (κ2) is 6.12. The van der Waals surface area contributed by atoms with Crippen LogP contribution in [0.5, 0.6) is 0 Å². The zero-order chi connectivity index (χ0) is 15.5. The largest absolute Gasteiger partial charge is 0.446 e. The molecule has 1 heterocycles. The summed E-state index contributed by atoms with van der Waals surface area (Å²) in [5, 5.41) is 15.7. The number of hydrogen-bond donors (Lipinski definition) is 2. The fourth-order valence-corrected chi connectivity index (χ4v) is 2.04. The normalized spacial score (nSPS) is 13.0. The van der Waals surface area contributed by atoms with Gasteiger partial charge in [-0.3, -0.25) is 4.79 Å². The van der Waals surface area contributed by atoms with E-state index in [0.717, 1.165) is 0 Å². The van der Waals surface area contributed by atoms with Gasteiger partial charge in [0.25, 0.3) is 5.91 Å². The van der Waals surface area contributed by atoms with Crippen LogP contribution < -0.4 is 5.32 Å². The molecule has 0 aliphatic heterocycles. The minimum absolute atomic E-state index is 0.0188. The van der Waals surface area contributed by atoms with Gasteiger partial charge in [-0.2, -0.15) is 18.4 Å². The highest BCUT2D eigenvalue weighted by Gasteiger charge is 2.29. The van der Waals surface area contributed by atoms with Crippen LogP contribution in [-0.4, -0.2) is 32.0 Å². The van der Waals surface area contributed by atoms with Crippen LogP contribution in [0.25, 0.3) is 0 Å². The highest BCUT2D eigenvalue weighted by atomic mass is 32.2. The number of aromatic amines is 1. The number of tetrazole rings is 1. The quantitative estimate of drug-likeness (QED) is 0.845. The third kappa shape index (κ3) is 4.45. The van der Waals surface area contributed by atoms with Crippen molar-refractivity contribution < 1.29 is 18.0 Å². The van der Waals surface area contributed by atoms with Gasteiger partial charge in [-0.15, -0.1) is 10.2 Å². The molecule has 0 fully saturated rings. The number of rotatable bonds is 4. The van der Waals surface area contributed by atoms with E-state index in [9.17, 15) is 18.0 Å². The van der Waals surface area contributed by atoms with Crippen LogP contribution in [0.1, 0.15) is 29.1 Å². The fourth-order valence-electron chi connectivity index (χ4n) is 1.51. The minimum atomic E-state index is -4.35. The van der Waals surface area contributed by atoms with E-state index in [0.29, 0.717) is 5.82 Å². The van der Waals surface area contributed by atoms with Crippen LogP contribution >= 0.6 is 11.8 Å². The van der Waals surface area contributed by atoms with Gasteiger partial charge < -0.3 is 5.32 Å². The van der Waals surface area contributed by atoms with Crippen molar-refractivity contribution in [2.24, 2.45) is 0 Å². The first-order chi connectivity index (χ1) is 9.85. The third-order valence-electron chi connectivity index (χ3n) is 2.45. The Labute approximate surface area is 121 Å². The highest BCUT2D eigenvalue weighted by Crippen LogP contribution is 2.36. The van der Waals surface area contributed by atoms with Crippen LogP contribution in [0, 0.1) is 0 Å². The number of carbonyl (C=O) groups excluding carboxylic acids is 1. The smallest absolute Gasteiger partial charge is 0.342 e. The predicted octanol–water partition coefficient (Wildman–Crippen LogP) is 2.30. The van der Waals surface area contributed by atoms with Crippen molar-refractivity contribution in [1.29, 1.82) is 0 Å². The molecule has 0 saturated carbocycles. The second-order valence-electron chi connectivity index (χ2n) is 4.04. The molecule has 6 nitrogen and oxygen atoms in total. The van der Waals surface area contributed by atoms with Crippen molar-refractivity contribution >= 4 is 17.7 Å². The van der Waals surface area contributed by atoms with Gasteiger partial charge in [-0.25, -0.2) is 0 Å². The first kappa shape index (κ1) is 15.3. The van der Waals surface area contributed by atoms with Crippen molar-refractivity contribution in [1.82, 2.24) is 25.9 Å². The van der Waals surface area contributed by atoms with E-state index in [1.807, 2.05) is 0 Å². The van der Waals surface area contributed by atoms with Gasteiger partial charge in [0.2, 0.25) is 0 Å². The SMILES string of the molecule is CC(NC(=O)c1ccc(SC(F)(F)F)cc1)c1nn[nH]n1. The average Bonchev–Trinajstić information content (AvgIpc) is 2.91. The molecule has 10 heteroatoms. The van der Waals surface area contributed by atoms with Gasteiger partial charge in [-0.05, 0) is 43.0 Å². The van der Waals surface area contributed by atoms with Crippen LogP contribution in [-0.2, 0) is 0 Å². The molecule has 0 spiro atoms. The number of halogens is 3. The maximum atomic E-state index is 12.2. The molecule has 2 rings (SSSR count). The number of benzene rings is 1. The molecule has 0 aliphatic carbocycles. The third-order valence-corrected chi connectivity index (χ3v) is 3.19. The van der Waals surface area contributed by atoms with Gasteiger partial charge in [0.05, 0.1) is 6.04 Å². The molecule has 0 aliphatic rings. The Balaban J connectivity index is 2.00. The Hall–Kier alpha value is -2.10. The van der Waals surface area contributed by atoms with Gasteiger partial charge >= 0.3 is 5.51 Å². The Morgan fingerprint density at radius 2 is 2.00 bits per heavy atom. The van der Waals surface area contributed by atoms with Crippen LogP contribution in [0.3, 0.4) is 0 Å². The number of amides is 1.